The molecule has 2 rings (SSSR count). The minimum absolute atomic E-state index is 0.302. The van der Waals surface area contributed by atoms with E-state index in [1.165, 1.54) is 27.7 Å². The van der Waals surface area contributed by atoms with Crippen LogP contribution in [0.4, 0.5) is 0 Å². The SMILES string of the molecule is CCC1SCCSC1C(NN)c1ccc(C)s1. The van der Waals surface area contributed by atoms with Gasteiger partial charge >= 0.3 is 0 Å². The zero-order chi connectivity index (χ0) is 12.3. The molecule has 0 aromatic carbocycles. The number of aryl methyl sites for hydroxylation is 1. The van der Waals surface area contributed by atoms with Crippen LogP contribution in [0.15, 0.2) is 12.1 Å². The maximum atomic E-state index is 5.80. The Morgan fingerprint density at radius 1 is 1.41 bits per heavy atom. The van der Waals surface area contributed by atoms with Gasteiger partial charge in [0.05, 0.1) is 6.04 Å². The van der Waals surface area contributed by atoms with Crippen LogP contribution >= 0.6 is 34.9 Å². The summed E-state index contributed by atoms with van der Waals surface area (Å²) in [5, 5.41) is 1.32. The molecule has 1 aliphatic heterocycles. The zero-order valence-corrected chi connectivity index (χ0v) is 12.8. The van der Waals surface area contributed by atoms with Gasteiger partial charge in [-0.05, 0) is 25.5 Å². The van der Waals surface area contributed by atoms with E-state index < -0.39 is 0 Å². The molecule has 1 aromatic rings. The maximum Gasteiger partial charge on any atom is 0.0682 e. The lowest BCUT2D eigenvalue weighted by Crippen LogP contribution is -2.41. The van der Waals surface area contributed by atoms with Gasteiger partial charge in [-0.1, -0.05) is 6.92 Å². The van der Waals surface area contributed by atoms with Crippen LogP contribution in [0.25, 0.3) is 0 Å². The van der Waals surface area contributed by atoms with Crippen molar-refractivity contribution in [3.05, 3.63) is 21.9 Å². The van der Waals surface area contributed by atoms with Crippen LogP contribution in [0.3, 0.4) is 0 Å². The highest BCUT2D eigenvalue weighted by molar-refractivity contribution is 8.07. The number of hydrogen-bond acceptors (Lipinski definition) is 5. The highest BCUT2D eigenvalue weighted by Crippen LogP contribution is 2.41. The van der Waals surface area contributed by atoms with Crippen LogP contribution in [-0.4, -0.2) is 22.0 Å². The van der Waals surface area contributed by atoms with Crippen molar-refractivity contribution in [3.63, 3.8) is 0 Å². The van der Waals surface area contributed by atoms with E-state index in [0.717, 1.165) is 5.25 Å². The fourth-order valence-electron chi connectivity index (χ4n) is 2.21. The predicted octanol–water partition coefficient (Wildman–Crippen LogP) is 3.19. The third kappa shape index (κ3) is 3.20. The Bertz CT molecular complexity index is 353. The lowest BCUT2D eigenvalue weighted by atomic mass is 10.1. The normalized spacial score (nSPS) is 27.0. The van der Waals surface area contributed by atoms with Crippen molar-refractivity contribution in [2.45, 2.75) is 36.8 Å². The summed E-state index contributed by atoms with van der Waals surface area (Å²) >= 11 is 6.04. The number of thiophene rings is 1. The molecule has 0 spiro atoms. The minimum atomic E-state index is 0.302. The van der Waals surface area contributed by atoms with Crippen molar-refractivity contribution in [1.82, 2.24) is 5.43 Å². The minimum Gasteiger partial charge on any atom is -0.271 e. The molecule has 2 nitrogen and oxygen atoms in total. The van der Waals surface area contributed by atoms with Gasteiger partial charge in [0.25, 0.3) is 0 Å². The number of nitrogens with one attached hydrogen (secondary N) is 1. The number of rotatable bonds is 4. The first-order valence-electron chi connectivity index (χ1n) is 6.02. The van der Waals surface area contributed by atoms with Gasteiger partial charge in [0.1, 0.15) is 0 Å². The number of thioether (sulfide) groups is 2. The second kappa shape index (κ2) is 6.48. The van der Waals surface area contributed by atoms with Crippen molar-refractivity contribution in [2.24, 2.45) is 5.84 Å². The molecule has 1 aromatic heterocycles. The summed E-state index contributed by atoms with van der Waals surface area (Å²) in [6, 6.07) is 4.71. The molecule has 0 bridgehead atoms. The van der Waals surface area contributed by atoms with Crippen molar-refractivity contribution in [2.75, 3.05) is 11.5 Å². The van der Waals surface area contributed by atoms with Gasteiger partial charge in [-0.3, -0.25) is 11.3 Å². The third-order valence-electron chi connectivity index (χ3n) is 3.07. The molecule has 2 heterocycles. The van der Waals surface area contributed by atoms with Crippen LogP contribution in [0, 0.1) is 6.92 Å². The summed E-state index contributed by atoms with van der Waals surface area (Å²) in [5.41, 5.74) is 3.04. The fraction of sp³-hybridized carbons (Fsp3) is 0.667. The Morgan fingerprint density at radius 2 is 2.18 bits per heavy atom. The van der Waals surface area contributed by atoms with Gasteiger partial charge in [0.15, 0.2) is 0 Å². The molecule has 17 heavy (non-hydrogen) atoms. The molecule has 0 radical (unpaired) electrons. The van der Waals surface area contributed by atoms with Crippen LogP contribution in [0.5, 0.6) is 0 Å². The number of nitrogens with two attached hydrogens (primary N) is 1. The molecule has 3 N–H and O–H groups in total. The standard InChI is InChI=1S/C12H20N2S3/c1-3-9-12(16-7-6-15-9)11(14-13)10-5-4-8(2)17-10/h4-5,9,11-12,14H,3,6-7,13H2,1-2H3. The lowest BCUT2D eigenvalue weighted by molar-refractivity contribution is 0.521. The molecule has 3 unspecified atom stereocenters. The molecule has 1 aliphatic rings. The summed E-state index contributed by atoms with van der Waals surface area (Å²) in [7, 11) is 0. The Balaban J connectivity index is 2.16. The molecular weight excluding hydrogens is 268 g/mol. The average molecular weight is 289 g/mol. The summed E-state index contributed by atoms with van der Waals surface area (Å²) in [4.78, 5) is 2.74. The van der Waals surface area contributed by atoms with Gasteiger partial charge in [-0.2, -0.15) is 23.5 Å². The van der Waals surface area contributed by atoms with Crippen molar-refractivity contribution in [3.8, 4) is 0 Å². The van der Waals surface area contributed by atoms with E-state index in [2.05, 4.69) is 54.9 Å². The van der Waals surface area contributed by atoms with Crippen LogP contribution in [0.2, 0.25) is 0 Å². The third-order valence-corrected chi connectivity index (χ3v) is 7.50. The molecule has 5 heteroatoms. The summed E-state index contributed by atoms with van der Waals surface area (Å²) in [6.45, 7) is 4.44. The van der Waals surface area contributed by atoms with Gasteiger partial charge in [-0.15, -0.1) is 11.3 Å². The van der Waals surface area contributed by atoms with E-state index in [-0.39, 0.29) is 0 Å². The van der Waals surface area contributed by atoms with E-state index in [0.29, 0.717) is 11.3 Å². The summed E-state index contributed by atoms with van der Waals surface area (Å²) < 4.78 is 0. The van der Waals surface area contributed by atoms with E-state index in [4.69, 9.17) is 5.84 Å². The molecule has 1 saturated heterocycles. The molecule has 96 valence electrons. The van der Waals surface area contributed by atoms with E-state index in [1.54, 1.807) is 0 Å². The van der Waals surface area contributed by atoms with E-state index >= 15 is 0 Å². The molecule has 0 saturated carbocycles. The Morgan fingerprint density at radius 3 is 2.76 bits per heavy atom. The monoisotopic (exact) mass is 288 g/mol. The van der Waals surface area contributed by atoms with Gasteiger partial charge in [-0.25, -0.2) is 0 Å². The zero-order valence-electron chi connectivity index (χ0n) is 10.3. The van der Waals surface area contributed by atoms with Crippen LogP contribution in [-0.2, 0) is 0 Å². The number of hydrogen-bond donors (Lipinski definition) is 2. The Hall–Kier alpha value is 0.320. The van der Waals surface area contributed by atoms with Crippen molar-refractivity contribution < 1.29 is 0 Å². The first kappa shape index (κ1) is 13.7. The molecule has 1 fully saturated rings. The first-order chi connectivity index (χ1) is 8.26. The van der Waals surface area contributed by atoms with E-state index in [1.807, 2.05) is 11.3 Å². The second-order valence-electron chi connectivity index (χ2n) is 4.25. The van der Waals surface area contributed by atoms with E-state index in [9.17, 15) is 0 Å². The van der Waals surface area contributed by atoms with Gasteiger partial charge < -0.3 is 0 Å². The smallest absolute Gasteiger partial charge is 0.0682 e. The van der Waals surface area contributed by atoms with Crippen LogP contribution in [0.1, 0.15) is 29.1 Å². The fourth-order valence-corrected chi connectivity index (χ4v) is 6.50. The van der Waals surface area contributed by atoms with Gasteiger partial charge in [0, 0.05) is 31.8 Å². The summed E-state index contributed by atoms with van der Waals surface area (Å²) in [6.07, 6.45) is 1.23. The van der Waals surface area contributed by atoms with Crippen molar-refractivity contribution in [1.29, 1.82) is 0 Å². The second-order valence-corrected chi connectivity index (χ2v) is 8.20. The Labute approximate surface area is 116 Å². The quantitative estimate of drug-likeness (QED) is 0.659. The molecule has 0 amide bonds. The Kier molecular flexibility index (Phi) is 5.24. The average Bonchev–Trinajstić information content (AvgIpc) is 2.77. The predicted molar refractivity (Wildman–Crippen MR) is 81.9 cm³/mol. The topological polar surface area (TPSA) is 38.0 Å². The highest BCUT2D eigenvalue weighted by Gasteiger charge is 2.33. The first-order valence-corrected chi connectivity index (χ1v) is 8.93. The largest absolute Gasteiger partial charge is 0.271 e. The number of hydrazine groups is 1. The highest BCUT2D eigenvalue weighted by atomic mass is 32.2. The lowest BCUT2D eigenvalue weighted by Gasteiger charge is -2.35. The molecular formula is C12H20N2S3. The van der Waals surface area contributed by atoms with Crippen molar-refractivity contribution >= 4 is 34.9 Å². The summed E-state index contributed by atoms with van der Waals surface area (Å²) in [5.74, 6) is 8.32. The molecule has 0 aliphatic carbocycles. The van der Waals surface area contributed by atoms with Crippen LogP contribution < -0.4 is 11.3 Å². The maximum absolute atomic E-state index is 5.80. The van der Waals surface area contributed by atoms with Gasteiger partial charge in [0.2, 0.25) is 0 Å². The molecule has 3 atom stereocenters.